The number of hydrogen-bond acceptors (Lipinski definition) is 3. The van der Waals surface area contributed by atoms with E-state index in [1.807, 2.05) is 35.7 Å². The Bertz CT molecular complexity index is 447. The van der Waals surface area contributed by atoms with Crippen molar-refractivity contribution in [1.29, 1.82) is 0 Å². The highest BCUT2D eigenvalue weighted by Gasteiger charge is 1.94. The molecule has 0 aromatic carbocycles. The van der Waals surface area contributed by atoms with E-state index >= 15 is 0 Å². The van der Waals surface area contributed by atoms with E-state index in [4.69, 9.17) is 4.74 Å². The molecule has 0 aliphatic carbocycles. The Morgan fingerprint density at radius 3 is 3.36 bits per heavy atom. The molecule has 4 nitrogen and oxygen atoms in total. The quantitative estimate of drug-likeness (QED) is 0.690. The van der Waals surface area contributed by atoms with Crippen LogP contribution in [0, 0.1) is 0 Å². The standard InChI is InChI=1S/C10H11N3O/c1-2-14-6-4-9-3-5-13-8-11-12-10(13)7-9/h3-8H,2H2,1H3/b6-4+. The van der Waals surface area contributed by atoms with Crippen molar-refractivity contribution < 1.29 is 4.74 Å². The van der Waals surface area contributed by atoms with E-state index in [0.717, 1.165) is 11.2 Å². The van der Waals surface area contributed by atoms with Gasteiger partial charge in [-0.2, -0.15) is 0 Å². The molecule has 72 valence electrons. The lowest BCUT2D eigenvalue weighted by molar-refractivity contribution is 0.272. The summed E-state index contributed by atoms with van der Waals surface area (Å²) in [6.45, 7) is 2.63. The highest BCUT2D eigenvalue weighted by molar-refractivity contribution is 5.54. The number of rotatable bonds is 3. The maximum atomic E-state index is 5.11. The zero-order chi connectivity index (χ0) is 9.80. The second kappa shape index (κ2) is 3.91. The van der Waals surface area contributed by atoms with Crippen molar-refractivity contribution in [3.05, 3.63) is 36.5 Å². The molecule has 14 heavy (non-hydrogen) atoms. The Balaban J connectivity index is 2.25. The summed E-state index contributed by atoms with van der Waals surface area (Å²) in [7, 11) is 0. The fourth-order valence-corrected chi connectivity index (χ4v) is 1.16. The van der Waals surface area contributed by atoms with Gasteiger partial charge < -0.3 is 4.74 Å². The summed E-state index contributed by atoms with van der Waals surface area (Å²) in [6.07, 6.45) is 7.17. The maximum absolute atomic E-state index is 5.11. The van der Waals surface area contributed by atoms with Crippen LogP contribution in [0.4, 0.5) is 0 Å². The summed E-state index contributed by atoms with van der Waals surface area (Å²) in [5.74, 6) is 0. The van der Waals surface area contributed by atoms with Gasteiger partial charge in [0.15, 0.2) is 5.65 Å². The fraction of sp³-hybridized carbons (Fsp3) is 0.200. The highest BCUT2D eigenvalue weighted by atomic mass is 16.5. The molecule has 0 aliphatic heterocycles. The predicted molar refractivity (Wildman–Crippen MR) is 53.6 cm³/mol. The summed E-state index contributed by atoms with van der Waals surface area (Å²) in [6, 6.07) is 3.92. The number of aromatic nitrogens is 3. The molecule has 0 aliphatic rings. The van der Waals surface area contributed by atoms with Crippen LogP contribution < -0.4 is 0 Å². The molecule has 0 radical (unpaired) electrons. The summed E-state index contributed by atoms with van der Waals surface area (Å²) in [5.41, 5.74) is 1.89. The van der Waals surface area contributed by atoms with Crippen LogP contribution in [0.5, 0.6) is 0 Å². The first-order chi connectivity index (χ1) is 6.90. The Kier molecular flexibility index (Phi) is 2.44. The third-order valence-corrected chi connectivity index (χ3v) is 1.85. The van der Waals surface area contributed by atoms with Crippen LogP contribution in [0.3, 0.4) is 0 Å². The van der Waals surface area contributed by atoms with Crippen LogP contribution in [0.15, 0.2) is 30.9 Å². The van der Waals surface area contributed by atoms with Crippen LogP contribution >= 0.6 is 0 Å². The SMILES string of the molecule is CCO/C=C/c1ccn2cnnc2c1. The molecule has 0 bridgehead atoms. The van der Waals surface area contributed by atoms with E-state index in [-0.39, 0.29) is 0 Å². The Morgan fingerprint density at radius 1 is 1.57 bits per heavy atom. The lowest BCUT2D eigenvalue weighted by Crippen LogP contribution is -1.83. The minimum Gasteiger partial charge on any atom is -0.501 e. The smallest absolute Gasteiger partial charge is 0.161 e. The fourth-order valence-electron chi connectivity index (χ4n) is 1.16. The Labute approximate surface area is 81.8 Å². The van der Waals surface area contributed by atoms with Crippen molar-refractivity contribution in [2.24, 2.45) is 0 Å². The van der Waals surface area contributed by atoms with E-state index in [2.05, 4.69) is 10.2 Å². The van der Waals surface area contributed by atoms with Crippen molar-refractivity contribution in [2.45, 2.75) is 6.92 Å². The molecular weight excluding hydrogens is 178 g/mol. The average Bonchev–Trinajstić information content (AvgIpc) is 2.65. The highest BCUT2D eigenvalue weighted by Crippen LogP contribution is 2.05. The molecule has 2 rings (SSSR count). The number of nitrogens with zero attached hydrogens (tertiary/aromatic N) is 3. The van der Waals surface area contributed by atoms with Gasteiger partial charge in [0.1, 0.15) is 6.33 Å². The zero-order valence-electron chi connectivity index (χ0n) is 7.92. The van der Waals surface area contributed by atoms with Gasteiger partial charge >= 0.3 is 0 Å². The molecule has 2 aromatic rings. The van der Waals surface area contributed by atoms with E-state index in [1.165, 1.54) is 0 Å². The third kappa shape index (κ3) is 1.74. The van der Waals surface area contributed by atoms with Gasteiger partial charge in [0.25, 0.3) is 0 Å². The molecule has 0 saturated carbocycles. The van der Waals surface area contributed by atoms with Crippen molar-refractivity contribution in [3.63, 3.8) is 0 Å². The average molecular weight is 189 g/mol. The molecule has 2 aromatic heterocycles. The van der Waals surface area contributed by atoms with Crippen molar-refractivity contribution in [1.82, 2.24) is 14.6 Å². The summed E-state index contributed by atoms with van der Waals surface area (Å²) < 4.78 is 6.97. The van der Waals surface area contributed by atoms with Gasteiger partial charge in [-0.25, -0.2) is 0 Å². The van der Waals surface area contributed by atoms with E-state index in [1.54, 1.807) is 12.6 Å². The molecule has 2 heterocycles. The first-order valence-electron chi connectivity index (χ1n) is 4.47. The van der Waals surface area contributed by atoms with Crippen LogP contribution in [-0.2, 0) is 4.74 Å². The number of fused-ring (bicyclic) bond motifs is 1. The topological polar surface area (TPSA) is 39.4 Å². The predicted octanol–water partition coefficient (Wildman–Crippen LogP) is 1.74. The van der Waals surface area contributed by atoms with Crippen LogP contribution in [-0.4, -0.2) is 21.2 Å². The summed E-state index contributed by atoms with van der Waals surface area (Å²) in [4.78, 5) is 0. The van der Waals surface area contributed by atoms with Gasteiger partial charge in [-0.05, 0) is 30.7 Å². The molecule has 0 amide bonds. The van der Waals surface area contributed by atoms with Gasteiger partial charge in [0, 0.05) is 6.20 Å². The van der Waals surface area contributed by atoms with E-state index < -0.39 is 0 Å². The largest absolute Gasteiger partial charge is 0.501 e. The second-order valence-corrected chi connectivity index (χ2v) is 2.81. The number of ether oxygens (including phenoxy) is 1. The first-order valence-corrected chi connectivity index (χ1v) is 4.47. The van der Waals surface area contributed by atoms with Crippen molar-refractivity contribution >= 4 is 11.7 Å². The Morgan fingerprint density at radius 2 is 2.50 bits per heavy atom. The van der Waals surface area contributed by atoms with Gasteiger partial charge in [0.2, 0.25) is 0 Å². The summed E-state index contributed by atoms with van der Waals surface area (Å²) in [5, 5.41) is 7.74. The third-order valence-electron chi connectivity index (χ3n) is 1.85. The van der Waals surface area contributed by atoms with Gasteiger partial charge in [-0.15, -0.1) is 10.2 Å². The van der Waals surface area contributed by atoms with Gasteiger partial charge in [-0.1, -0.05) is 0 Å². The molecule has 4 heteroatoms. The molecule has 0 atom stereocenters. The minimum absolute atomic E-state index is 0.684. The molecule has 0 spiro atoms. The van der Waals surface area contributed by atoms with Crippen LogP contribution in [0.25, 0.3) is 11.7 Å². The van der Waals surface area contributed by atoms with Gasteiger partial charge in [-0.3, -0.25) is 4.40 Å². The molecule has 0 saturated heterocycles. The minimum atomic E-state index is 0.684. The van der Waals surface area contributed by atoms with Crippen molar-refractivity contribution in [3.8, 4) is 0 Å². The van der Waals surface area contributed by atoms with E-state index in [0.29, 0.717) is 6.61 Å². The second-order valence-electron chi connectivity index (χ2n) is 2.81. The lowest BCUT2D eigenvalue weighted by Gasteiger charge is -1.95. The molecule has 0 fully saturated rings. The van der Waals surface area contributed by atoms with Crippen molar-refractivity contribution in [2.75, 3.05) is 6.61 Å². The van der Waals surface area contributed by atoms with Crippen LogP contribution in [0.1, 0.15) is 12.5 Å². The molecule has 0 N–H and O–H groups in total. The number of pyridine rings is 1. The monoisotopic (exact) mass is 189 g/mol. The summed E-state index contributed by atoms with van der Waals surface area (Å²) >= 11 is 0. The molecule has 0 unspecified atom stereocenters. The normalized spacial score (nSPS) is 11.2. The Hall–Kier alpha value is -1.84. The first kappa shape index (κ1) is 8.74. The van der Waals surface area contributed by atoms with Crippen LogP contribution in [0.2, 0.25) is 0 Å². The lowest BCUT2D eigenvalue weighted by atomic mass is 10.2. The molecular formula is C10H11N3O. The zero-order valence-corrected chi connectivity index (χ0v) is 7.92. The maximum Gasteiger partial charge on any atom is 0.161 e. The number of hydrogen-bond donors (Lipinski definition) is 0. The van der Waals surface area contributed by atoms with Gasteiger partial charge in [0.05, 0.1) is 12.9 Å². The van der Waals surface area contributed by atoms with E-state index in [9.17, 15) is 0 Å².